The van der Waals surface area contributed by atoms with Crippen LogP contribution in [0.3, 0.4) is 0 Å². The van der Waals surface area contributed by atoms with E-state index in [1.165, 1.54) is 0 Å². The highest BCUT2D eigenvalue weighted by Crippen LogP contribution is 2.24. The van der Waals surface area contributed by atoms with Gasteiger partial charge in [-0.3, -0.25) is 0 Å². The van der Waals surface area contributed by atoms with Crippen LogP contribution in [0.2, 0.25) is 0 Å². The van der Waals surface area contributed by atoms with Crippen LogP contribution in [0.15, 0.2) is 18.3 Å². The summed E-state index contributed by atoms with van der Waals surface area (Å²) in [5.74, 6) is 0.569. The van der Waals surface area contributed by atoms with Gasteiger partial charge < -0.3 is 15.2 Å². The van der Waals surface area contributed by atoms with Crippen LogP contribution in [0, 0.1) is 0 Å². The fourth-order valence-corrected chi connectivity index (χ4v) is 1.17. The minimum absolute atomic E-state index is 0.413. The highest BCUT2D eigenvalue weighted by atomic mass is 16.5. The van der Waals surface area contributed by atoms with Crippen LogP contribution in [-0.4, -0.2) is 25.7 Å². The summed E-state index contributed by atoms with van der Waals surface area (Å²) in [5, 5.41) is 0. The van der Waals surface area contributed by atoms with Crippen molar-refractivity contribution >= 4 is 0 Å². The van der Waals surface area contributed by atoms with Crippen LogP contribution < -0.4 is 10.5 Å². The maximum absolute atomic E-state index is 5.65. The van der Waals surface area contributed by atoms with Crippen LogP contribution in [-0.2, 0) is 10.3 Å². The van der Waals surface area contributed by atoms with Crippen LogP contribution >= 0.6 is 0 Å². The Kier molecular flexibility index (Phi) is 3.43. The van der Waals surface area contributed by atoms with Crippen molar-refractivity contribution in [1.82, 2.24) is 4.98 Å². The summed E-state index contributed by atoms with van der Waals surface area (Å²) >= 11 is 0. The molecule has 0 spiro atoms. The van der Waals surface area contributed by atoms with E-state index in [4.69, 9.17) is 15.2 Å². The summed E-state index contributed by atoms with van der Waals surface area (Å²) < 4.78 is 10.4. The van der Waals surface area contributed by atoms with Gasteiger partial charge in [0.2, 0.25) is 5.88 Å². The first-order chi connectivity index (χ1) is 6.66. The first-order valence-electron chi connectivity index (χ1n) is 4.42. The van der Waals surface area contributed by atoms with Gasteiger partial charge in [0.05, 0.1) is 7.11 Å². The minimum atomic E-state index is -0.476. The zero-order chi connectivity index (χ0) is 10.6. The lowest BCUT2D eigenvalue weighted by molar-refractivity contribution is 0.00983. The SMILES string of the molecule is COc1cc(C(C)(CN)OC)ccn1. The molecule has 0 radical (unpaired) electrons. The molecule has 0 aliphatic rings. The van der Waals surface area contributed by atoms with Gasteiger partial charge in [-0.2, -0.15) is 0 Å². The van der Waals surface area contributed by atoms with Gasteiger partial charge in [0.25, 0.3) is 0 Å². The summed E-state index contributed by atoms with van der Waals surface area (Å²) in [6.45, 7) is 2.35. The Hall–Kier alpha value is -1.13. The molecule has 1 rings (SSSR count). The van der Waals surface area contributed by atoms with E-state index in [2.05, 4.69) is 4.98 Å². The Balaban J connectivity index is 3.04. The van der Waals surface area contributed by atoms with Crippen molar-refractivity contribution in [2.24, 2.45) is 5.73 Å². The highest BCUT2D eigenvalue weighted by Gasteiger charge is 2.24. The average molecular weight is 196 g/mol. The third-order valence-corrected chi connectivity index (χ3v) is 2.39. The van der Waals surface area contributed by atoms with Gasteiger partial charge >= 0.3 is 0 Å². The lowest BCUT2D eigenvalue weighted by Crippen LogP contribution is -2.33. The number of nitrogens with zero attached hydrogens (tertiary/aromatic N) is 1. The number of ether oxygens (including phenoxy) is 2. The molecule has 0 aromatic carbocycles. The fraction of sp³-hybridized carbons (Fsp3) is 0.500. The molecule has 1 aromatic heterocycles. The van der Waals surface area contributed by atoms with Crippen LogP contribution in [0.1, 0.15) is 12.5 Å². The number of methoxy groups -OCH3 is 2. The number of hydrogen-bond donors (Lipinski definition) is 1. The Labute approximate surface area is 84.0 Å². The predicted molar refractivity (Wildman–Crippen MR) is 54.2 cm³/mol. The average Bonchev–Trinajstić information content (AvgIpc) is 2.28. The van der Waals surface area contributed by atoms with E-state index in [1.54, 1.807) is 20.4 Å². The van der Waals surface area contributed by atoms with Gasteiger partial charge in [0.15, 0.2) is 0 Å². The summed E-state index contributed by atoms with van der Waals surface area (Å²) in [4.78, 5) is 4.02. The molecule has 2 N–H and O–H groups in total. The molecule has 1 unspecified atom stereocenters. The normalized spacial score (nSPS) is 14.9. The molecule has 78 valence electrons. The van der Waals surface area contributed by atoms with E-state index >= 15 is 0 Å². The quantitative estimate of drug-likeness (QED) is 0.777. The van der Waals surface area contributed by atoms with Gasteiger partial charge in [-0.1, -0.05) is 0 Å². The van der Waals surface area contributed by atoms with Gasteiger partial charge in [0.1, 0.15) is 5.60 Å². The molecular formula is C10H16N2O2. The molecule has 1 atom stereocenters. The third-order valence-electron chi connectivity index (χ3n) is 2.39. The molecule has 4 nitrogen and oxygen atoms in total. The molecule has 0 aliphatic heterocycles. The van der Waals surface area contributed by atoms with Gasteiger partial charge in [-0.15, -0.1) is 0 Å². The highest BCUT2D eigenvalue weighted by molar-refractivity contribution is 5.26. The van der Waals surface area contributed by atoms with E-state index in [0.717, 1.165) is 5.56 Å². The topological polar surface area (TPSA) is 57.4 Å². The smallest absolute Gasteiger partial charge is 0.213 e. The first kappa shape index (κ1) is 10.9. The summed E-state index contributed by atoms with van der Waals surface area (Å²) in [6.07, 6.45) is 1.68. The minimum Gasteiger partial charge on any atom is -0.481 e. The maximum Gasteiger partial charge on any atom is 0.213 e. The van der Waals surface area contributed by atoms with E-state index in [-0.39, 0.29) is 0 Å². The summed E-state index contributed by atoms with van der Waals surface area (Å²) in [7, 11) is 3.22. The number of rotatable bonds is 4. The number of pyridine rings is 1. The Morgan fingerprint density at radius 2 is 2.21 bits per heavy atom. The van der Waals surface area contributed by atoms with E-state index in [0.29, 0.717) is 12.4 Å². The first-order valence-corrected chi connectivity index (χ1v) is 4.42. The largest absolute Gasteiger partial charge is 0.481 e. The molecule has 0 amide bonds. The second-order valence-corrected chi connectivity index (χ2v) is 3.23. The molecule has 0 fully saturated rings. The lowest BCUT2D eigenvalue weighted by atomic mass is 9.97. The third kappa shape index (κ3) is 2.02. The van der Waals surface area contributed by atoms with Crippen LogP contribution in [0.4, 0.5) is 0 Å². The van der Waals surface area contributed by atoms with Crippen molar-refractivity contribution in [3.05, 3.63) is 23.9 Å². The number of aromatic nitrogens is 1. The zero-order valence-electron chi connectivity index (χ0n) is 8.78. The second-order valence-electron chi connectivity index (χ2n) is 3.23. The van der Waals surface area contributed by atoms with Crippen molar-refractivity contribution in [1.29, 1.82) is 0 Å². The Bertz CT molecular complexity index is 298. The Morgan fingerprint density at radius 3 is 2.71 bits per heavy atom. The summed E-state index contributed by atoms with van der Waals surface area (Å²) in [5.41, 5.74) is 6.15. The molecule has 0 bridgehead atoms. The number of hydrogen-bond acceptors (Lipinski definition) is 4. The second kappa shape index (κ2) is 4.39. The standard InChI is InChI=1S/C10H16N2O2/c1-10(7-11,14-3)8-4-5-12-9(6-8)13-2/h4-6H,7,11H2,1-3H3. The van der Waals surface area contributed by atoms with E-state index < -0.39 is 5.60 Å². The van der Waals surface area contributed by atoms with Crippen molar-refractivity contribution in [2.45, 2.75) is 12.5 Å². The molecule has 0 saturated heterocycles. The van der Waals surface area contributed by atoms with Gasteiger partial charge in [-0.25, -0.2) is 4.98 Å². The van der Waals surface area contributed by atoms with Crippen molar-refractivity contribution in [2.75, 3.05) is 20.8 Å². The van der Waals surface area contributed by atoms with Crippen LogP contribution in [0.25, 0.3) is 0 Å². The molecule has 1 heterocycles. The summed E-state index contributed by atoms with van der Waals surface area (Å²) in [6, 6.07) is 3.70. The zero-order valence-corrected chi connectivity index (χ0v) is 8.78. The Morgan fingerprint density at radius 1 is 1.50 bits per heavy atom. The van der Waals surface area contributed by atoms with Gasteiger partial charge in [-0.05, 0) is 18.6 Å². The van der Waals surface area contributed by atoms with E-state index in [1.807, 2.05) is 19.1 Å². The predicted octanol–water partition coefficient (Wildman–Crippen LogP) is 0.910. The molecule has 0 saturated carbocycles. The van der Waals surface area contributed by atoms with Crippen molar-refractivity contribution in [3.63, 3.8) is 0 Å². The van der Waals surface area contributed by atoms with E-state index in [9.17, 15) is 0 Å². The van der Waals surface area contributed by atoms with Crippen LogP contribution in [0.5, 0.6) is 5.88 Å². The lowest BCUT2D eigenvalue weighted by Gasteiger charge is -2.26. The number of nitrogens with two attached hydrogens (primary N) is 1. The molecule has 4 heteroatoms. The molecule has 1 aromatic rings. The van der Waals surface area contributed by atoms with Gasteiger partial charge in [0, 0.05) is 25.9 Å². The molecule has 14 heavy (non-hydrogen) atoms. The maximum atomic E-state index is 5.65. The molecule has 0 aliphatic carbocycles. The van der Waals surface area contributed by atoms with Crippen molar-refractivity contribution in [3.8, 4) is 5.88 Å². The molecular weight excluding hydrogens is 180 g/mol. The fourth-order valence-electron chi connectivity index (χ4n) is 1.17. The monoisotopic (exact) mass is 196 g/mol. The van der Waals surface area contributed by atoms with Crippen molar-refractivity contribution < 1.29 is 9.47 Å².